The van der Waals surface area contributed by atoms with Crippen molar-refractivity contribution in [2.45, 2.75) is 39.3 Å². The highest BCUT2D eigenvalue weighted by molar-refractivity contribution is 5.83. The summed E-state index contributed by atoms with van der Waals surface area (Å²) in [5.41, 5.74) is 0. The van der Waals surface area contributed by atoms with E-state index in [4.69, 9.17) is 9.47 Å². The molecule has 0 aliphatic heterocycles. The van der Waals surface area contributed by atoms with E-state index in [1.807, 2.05) is 13.8 Å². The van der Waals surface area contributed by atoms with Crippen molar-refractivity contribution in [3.05, 3.63) is 0 Å². The van der Waals surface area contributed by atoms with E-state index in [1.165, 1.54) is 0 Å². The van der Waals surface area contributed by atoms with Gasteiger partial charge in [-0.05, 0) is 13.8 Å². The van der Waals surface area contributed by atoms with Gasteiger partial charge in [0.15, 0.2) is 0 Å². The minimum Gasteiger partial charge on any atom is -0.383 e. The second-order valence-corrected chi connectivity index (χ2v) is 4.03. The lowest BCUT2D eigenvalue weighted by Gasteiger charge is -2.33. The molecule has 0 aromatic carbocycles. The summed E-state index contributed by atoms with van der Waals surface area (Å²) in [7, 11) is 3.35. The molecule has 0 bridgehead atoms. The van der Waals surface area contributed by atoms with Crippen LogP contribution in [-0.4, -0.2) is 56.7 Å². The van der Waals surface area contributed by atoms with Crippen molar-refractivity contribution in [2.75, 3.05) is 34.0 Å². The molecule has 4 heteroatoms. The molecule has 0 aliphatic rings. The van der Waals surface area contributed by atoms with Gasteiger partial charge in [0.25, 0.3) is 0 Å². The Morgan fingerprint density at radius 2 is 1.88 bits per heavy atom. The summed E-state index contributed by atoms with van der Waals surface area (Å²) in [6.07, 6.45) is 0.574. The van der Waals surface area contributed by atoms with E-state index in [-0.39, 0.29) is 17.9 Å². The Bertz CT molecular complexity index is 197. The molecular weight excluding hydrogens is 206 g/mol. The van der Waals surface area contributed by atoms with Crippen molar-refractivity contribution in [2.24, 2.45) is 0 Å². The van der Waals surface area contributed by atoms with Crippen molar-refractivity contribution in [3.63, 3.8) is 0 Å². The lowest BCUT2D eigenvalue weighted by atomic mass is 10.1. The highest BCUT2D eigenvalue weighted by Crippen LogP contribution is 2.08. The smallest absolute Gasteiger partial charge is 0.149 e. The molecule has 0 radical (unpaired) electrons. The number of carbonyl (C=O) groups is 1. The van der Waals surface area contributed by atoms with Crippen LogP contribution in [0.3, 0.4) is 0 Å². The Morgan fingerprint density at radius 3 is 2.31 bits per heavy atom. The molecule has 0 aromatic rings. The number of methoxy groups -OCH3 is 2. The van der Waals surface area contributed by atoms with Gasteiger partial charge in [-0.3, -0.25) is 9.69 Å². The Hall–Kier alpha value is -0.450. The summed E-state index contributed by atoms with van der Waals surface area (Å²) in [5, 5.41) is 0. The molecule has 0 rings (SSSR count). The normalized spacial score (nSPS) is 15.1. The molecule has 0 spiro atoms. The Kier molecular flexibility index (Phi) is 8.43. The van der Waals surface area contributed by atoms with Crippen LogP contribution in [0.25, 0.3) is 0 Å². The van der Waals surface area contributed by atoms with E-state index in [2.05, 4.69) is 11.8 Å². The van der Waals surface area contributed by atoms with E-state index < -0.39 is 0 Å². The third-order valence-corrected chi connectivity index (χ3v) is 2.84. The summed E-state index contributed by atoms with van der Waals surface area (Å²) in [6, 6.07) is 0.163. The lowest BCUT2D eigenvalue weighted by Crippen LogP contribution is -2.47. The number of carbonyl (C=O) groups excluding carboxylic acids is 1. The maximum Gasteiger partial charge on any atom is 0.149 e. The van der Waals surface area contributed by atoms with Crippen LogP contribution in [-0.2, 0) is 14.3 Å². The van der Waals surface area contributed by atoms with E-state index in [1.54, 1.807) is 14.2 Å². The minimum absolute atomic E-state index is 0.0645. The van der Waals surface area contributed by atoms with Gasteiger partial charge in [-0.15, -0.1) is 0 Å². The predicted molar refractivity (Wildman–Crippen MR) is 64.7 cm³/mol. The van der Waals surface area contributed by atoms with Crippen LogP contribution in [0.2, 0.25) is 0 Å². The fourth-order valence-corrected chi connectivity index (χ4v) is 1.81. The highest BCUT2D eigenvalue weighted by atomic mass is 16.5. The average Bonchev–Trinajstić information content (AvgIpc) is 2.28. The van der Waals surface area contributed by atoms with Crippen molar-refractivity contribution >= 4 is 5.78 Å². The molecule has 0 heterocycles. The van der Waals surface area contributed by atoms with Crippen LogP contribution in [0, 0.1) is 0 Å². The number of hydrogen-bond acceptors (Lipinski definition) is 4. The van der Waals surface area contributed by atoms with Gasteiger partial charge in [-0.25, -0.2) is 0 Å². The standard InChI is InChI=1S/C12H25NO3/c1-6-12(14)11(3)13(7-8-15-4)10(2)9-16-5/h10-11H,6-9H2,1-5H3. The molecule has 2 atom stereocenters. The van der Waals surface area contributed by atoms with Gasteiger partial charge < -0.3 is 9.47 Å². The molecule has 0 aromatic heterocycles. The number of nitrogens with zero attached hydrogens (tertiary/aromatic N) is 1. The van der Waals surface area contributed by atoms with Crippen LogP contribution in [0.4, 0.5) is 0 Å². The number of hydrogen-bond donors (Lipinski definition) is 0. The Morgan fingerprint density at radius 1 is 1.25 bits per heavy atom. The van der Waals surface area contributed by atoms with E-state index in [0.29, 0.717) is 19.6 Å². The van der Waals surface area contributed by atoms with Crippen molar-refractivity contribution in [3.8, 4) is 0 Å². The Balaban J connectivity index is 4.44. The number of ether oxygens (including phenoxy) is 2. The highest BCUT2D eigenvalue weighted by Gasteiger charge is 2.23. The molecule has 2 unspecified atom stereocenters. The molecule has 0 fully saturated rings. The van der Waals surface area contributed by atoms with Gasteiger partial charge in [0.1, 0.15) is 5.78 Å². The molecule has 0 saturated heterocycles. The number of Topliss-reactive ketones (excluding diaryl/α,β-unsaturated/α-hetero) is 1. The largest absolute Gasteiger partial charge is 0.383 e. The summed E-state index contributed by atoms with van der Waals surface area (Å²) in [4.78, 5) is 13.8. The third-order valence-electron chi connectivity index (χ3n) is 2.84. The van der Waals surface area contributed by atoms with Gasteiger partial charge in [0.2, 0.25) is 0 Å². The SMILES string of the molecule is CCC(=O)C(C)N(CCOC)C(C)COC. The molecule has 4 nitrogen and oxygen atoms in total. The van der Waals surface area contributed by atoms with E-state index in [0.717, 1.165) is 6.54 Å². The quantitative estimate of drug-likeness (QED) is 0.600. The van der Waals surface area contributed by atoms with Gasteiger partial charge in [-0.1, -0.05) is 6.92 Å². The summed E-state index contributed by atoms with van der Waals surface area (Å²) >= 11 is 0. The van der Waals surface area contributed by atoms with Crippen LogP contribution in [0.5, 0.6) is 0 Å². The van der Waals surface area contributed by atoms with Gasteiger partial charge >= 0.3 is 0 Å². The molecule has 16 heavy (non-hydrogen) atoms. The fourth-order valence-electron chi connectivity index (χ4n) is 1.81. The zero-order chi connectivity index (χ0) is 12.6. The fraction of sp³-hybridized carbons (Fsp3) is 0.917. The maximum absolute atomic E-state index is 11.7. The zero-order valence-corrected chi connectivity index (χ0v) is 11.2. The first-order valence-electron chi connectivity index (χ1n) is 5.84. The lowest BCUT2D eigenvalue weighted by molar-refractivity contribution is -0.125. The van der Waals surface area contributed by atoms with Gasteiger partial charge in [-0.2, -0.15) is 0 Å². The van der Waals surface area contributed by atoms with Crippen molar-refractivity contribution < 1.29 is 14.3 Å². The van der Waals surface area contributed by atoms with Gasteiger partial charge in [0, 0.05) is 33.2 Å². The third kappa shape index (κ3) is 5.05. The molecule has 96 valence electrons. The summed E-state index contributed by atoms with van der Waals surface area (Å²) in [5.74, 6) is 0.263. The second kappa shape index (κ2) is 8.67. The topological polar surface area (TPSA) is 38.8 Å². The predicted octanol–water partition coefficient (Wildman–Crippen LogP) is 1.34. The Labute approximate surface area is 98.9 Å². The first-order valence-corrected chi connectivity index (χ1v) is 5.84. The van der Waals surface area contributed by atoms with E-state index in [9.17, 15) is 4.79 Å². The minimum atomic E-state index is -0.0645. The van der Waals surface area contributed by atoms with Crippen molar-refractivity contribution in [1.29, 1.82) is 0 Å². The van der Waals surface area contributed by atoms with Crippen LogP contribution < -0.4 is 0 Å². The van der Waals surface area contributed by atoms with Crippen LogP contribution >= 0.6 is 0 Å². The first-order chi connectivity index (χ1) is 7.58. The number of rotatable bonds is 9. The van der Waals surface area contributed by atoms with Crippen LogP contribution in [0.1, 0.15) is 27.2 Å². The number of ketones is 1. The second-order valence-electron chi connectivity index (χ2n) is 4.03. The first kappa shape index (κ1) is 15.6. The molecule has 0 saturated carbocycles. The monoisotopic (exact) mass is 231 g/mol. The van der Waals surface area contributed by atoms with Gasteiger partial charge in [0.05, 0.1) is 19.3 Å². The van der Waals surface area contributed by atoms with E-state index >= 15 is 0 Å². The molecular formula is C12H25NO3. The molecule has 0 amide bonds. The zero-order valence-electron chi connectivity index (χ0n) is 11.2. The van der Waals surface area contributed by atoms with Crippen LogP contribution in [0.15, 0.2) is 0 Å². The molecule has 0 N–H and O–H groups in total. The summed E-state index contributed by atoms with van der Waals surface area (Å²) in [6.45, 7) is 7.94. The molecule has 0 aliphatic carbocycles. The average molecular weight is 231 g/mol. The van der Waals surface area contributed by atoms with Crippen molar-refractivity contribution in [1.82, 2.24) is 4.90 Å². The maximum atomic E-state index is 11.7. The summed E-state index contributed by atoms with van der Waals surface area (Å²) < 4.78 is 10.2.